The van der Waals surface area contributed by atoms with Gasteiger partial charge in [0.15, 0.2) is 6.61 Å². The average molecular weight is 373 g/mol. The van der Waals surface area contributed by atoms with E-state index < -0.39 is 5.41 Å². The van der Waals surface area contributed by atoms with Gasteiger partial charge >= 0.3 is 0 Å². The lowest BCUT2D eigenvalue weighted by atomic mass is 9.77. The Labute approximate surface area is 159 Å². The van der Waals surface area contributed by atoms with Crippen molar-refractivity contribution in [3.05, 3.63) is 24.5 Å². The predicted octanol–water partition coefficient (Wildman–Crippen LogP) is 1.48. The Hall–Kier alpha value is -2.15. The van der Waals surface area contributed by atoms with Crippen molar-refractivity contribution >= 4 is 11.8 Å². The van der Waals surface area contributed by atoms with Crippen molar-refractivity contribution < 1.29 is 19.1 Å². The Balaban J connectivity index is 1.36. The number of piperidine rings is 1. The van der Waals surface area contributed by atoms with Crippen LogP contribution in [-0.2, 0) is 14.3 Å². The second-order valence-corrected chi connectivity index (χ2v) is 7.77. The van der Waals surface area contributed by atoms with Gasteiger partial charge in [-0.3, -0.25) is 14.6 Å². The number of rotatable bonds is 4. The summed E-state index contributed by atoms with van der Waals surface area (Å²) in [4.78, 5) is 33.7. The van der Waals surface area contributed by atoms with Gasteiger partial charge in [0.1, 0.15) is 5.75 Å². The Morgan fingerprint density at radius 3 is 2.93 bits per heavy atom. The van der Waals surface area contributed by atoms with Crippen LogP contribution < -0.4 is 4.74 Å². The molecule has 2 amide bonds. The van der Waals surface area contributed by atoms with Crippen LogP contribution in [0.25, 0.3) is 0 Å². The van der Waals surface area contributed by atoms with Crippen LogP contribution in [0.15, 0.2) is 24.5 Å². The highest BCUT2D eigenvalue weighted by Gasteiger charge is 2.50. The van der Waals surface area contributed by atoms with Crippen LogP contribution in [0.3, 0.4) is 0 Å². The number of hydrogen-bond acceptors (Lipinski definition) is 5. The van der Waals surface area contributed by atoms with E-state index in [0.717, 1.165) is 51.9 Å². The number of hydrogen-bond donors (Lipinski definition) is 0. The summed E-state index contributed by atoms with van der Waals surface area (Å²) in [5, 5.41) is 0. The van der Waals surface area contributed by atoms with Gasteiger partial charge < -0.3 is 19.3 Å². The van der Waals surface area contributed by atoms with Crippen molar-refractivity contribution in [2.75, 3.05) is 39.5 Å². The van der Waals surface area contributed by atoms with Crippen LogP contribution in [0, 0.1) is 5.41 Å². The molecule has 3 aliphatic rings. The minimum atomic E-state index is -0.402. The Bertz CT molecular complexity index is 677. The van der Waals surface area contributed by atoms with E-state index in [1.165, 1.54) is 0 Å². The standard InChI is InChI=1S/C20H27N3O4/c24-18(14-27-17-3-1-8-21-13-17)22-10-7-20(15-22)6-2-9-23(19(20)25)16-4-11-26-12-5-16/h1,3,8,13,16H,2,4-7,9-12,14-15H2. The van der Waals surface area contributed by atoms with Gasteiger partial charge in [-0.2, -0.15) is 0 Å². The van der Waals surface area contributed by atoms with E-state index in [0.29, 0.717) is 24.9 Å². The highest BCUT2D eigenvalue weighted by Crippen LogP contribution is 2.41. The maximum atomic E-state index is 13.3. The molecular weight excluding hydrogens is 346 g/mol. The van der Waals surface area contributed by atoms with Crippen LogP contribution >= 0.6 is 0 Å². The van der Waals surface area contributed by atoms with Gasteiger partial charge in [0.2, 0.25) is 5.91 Å². The number of ether oxygens (including phenoxy) is 2. The highest BCUT2D eigenvalue weighted by molar-refractivity contribution is 5.86. The molecule has 0 radical (unpaired) electrons. The molecule has 4 heterocycles. The van der Waals surface area contributed by atoms with Crippen LogP contribution in [0.2, 0.25) is 0 Å². The maximum Gasteiger partial charge on any atom is 0.260 e. The number of nitrogens with zero attached hydrogens (tertiary/aromatic N) is 3. The molecule has 0 saturated carbocycles. The third-order valence-corrected chi connectivity index (χ3v) is 6.10. The molecule has 3 fully saturated rings. The molecule has 1 atom stereocenters. The molecule has 0 bridgehead atoms. The van der Waals surface area contributed by atoms with E-state index in [1.807, 2.05) is 0 Å². The predicted molar refractivity (Wildman–Crippen MR) is 98.2 cm³/mol. The van der Waals surface area contributed by atoms with Crippen molar-refractivity contribution in [1.29, 1.82) is 0 Å². The van der Waals surface area contributed by atoms with Crippen LogP contribution in [0.1, 0.15) is 32.1 Å². The van der Waals surface area contributed by atoms with Crippen LogP contribution in [0.4, 0.5) is 0 Å². The summed E-state index contributed by atoms with van der Waals surface area (Å²) >= 11 is 0. The largest absolute Gasteiger partial charge is 0.482 e. The molecule has 1 spiro atoms. The highest BCUT2D eigenvalue weighted by atomic mass is 16.5. The van der Waals surface area contributed by atoms with E-state index >= 15 is 0 Å². The zero-order chi connectivity index (χ0) is 18.7. The fraction of sp³-hybridized carbons (Fsp3) is 0.650. The monoisotopic (exact) mass is 373 g/mol. The molecule has 3 aliphatic heterocycles. The first kappa shape index (κ1) is 18.2. The first-order valence-corrected chi connectivity index (χ1v) is 9.87. The zero-order valence-corrected chi connectivity index (χ0v) is 15.6. The van der Waals surface area contributed by atoms with Crippen LogP contribution in [0.5, 0.6) is 5.75 Å². The number of pyridine rings is 1. The van der Waals surface area contributed by atoms with Gasteiger partial charge in [-0.15, -0.1) is 0 Å². The minimum Gasteiger partial charge on any atom is -0.482 e. The van der Waals surface area contributed by atoms with Crippen LogP contribution in [-0.4, -0.2) is 72.1 Å². The maximum absolute atomic E-state index is 13.3. The normalized spacial score (nSPS) is 26.6. The molecule has 7 heteroatoms. The van der Waals surface area contributed by atoms with Gasteiger partial charge in [0.05, 0.1) is 11.6 Å². The molecule has 0 aromatic carbocycles. The number of amides is 2. The van der Waals surface area contributed by atoms with E-state index in [2.05, 4.69) is 9.88 Å². The molecule has 0 aliphatic carbocycles. The number of carbonyl (C=O) groups is 2. The Kier molecular flexibility index (Phi) is 5.29. The molecule has 1 aromatic rings. The summed E-state index contributed by atoms with van der Waals surface area (Å²) in [5.41, 5.74) is -0.402. The van der Waals surface area contributed by atoms with E-state index in [-0.39, 0.29) is 18.4 Å². The molecular formula is C20H27N3O4. The van der Waals surface area contributed by atoms with E-state index in [1.54, 1.807) is 29.4 Å². The summed E-state index contributed by atoms with van der Waals surface area (Å²) < 4.78 is 11.0. The minimum absolute atomic E-state index is 0.0142. The topological polar surface area (TPSA) is 72.0 Å². The smallest absolute Gasteiger partial charge is 0.260 e. The molecule has 27 heavy (non-hydrogen) atoms. The number of carbonyl (C=O) groups excluding carboxylic acids is 2. The van der Waals surface area contributed by atoms with Crippen molar-refractivity contribution in [2.45, 2.75) is 38.1 Å². The van der Waals surface area contributed by atoms with Crippen molar-refractivity contribution in [3.8, 4) is 5.75 Å². The fourth-order valence-corrected chi connectivity index (χ4v) is 4.58. The SMILES string of the molecule is O=C(COc1cccnc1)N1CCC2(CCCN(C3CCOCC3)C2=O)C1. The molecule has 4 rings (SSSR count). The molecule has 1 aromatic heterocycles. The third kappa shape index (κ3) is 3.78. The summed E-state index contributed by atoms with van der Waals surface area (Å²) in [6.07, 6.45) is 7.74. The Morgan fingerprint density at radius 1 is 1.30 bits per heavy atom. The zero-order valence-electron chi connectivity index (χ0n) is 15.6. The van der Waals surface area contributed by atoms with E-state index in [9.17, 15) is 9.59 Å². The summed E-state index contributed by atoms with van der Waals surface area (Å²) in [5.74, 6) is 0.759. The summed E-state index contributed by atoms with van der Waals surface area (Å²) in [6, 6.07) is 3.85. The molecule has 0 N–H and O–H groups in total. The molecule has 3 saturated heterocycles. The van der Waals surface area contributed by atoms with Gasteiger partial charge in [-0.1, -0.05) is 0 Å². The second-order valence-electron chi connectivity index (χ2n) is 7.77. The number of likely N-dealkylation sites (tertiary alicyclic amines) is 2. The first-order chi connectivity index (χ1) is 13.2. The lowest BCUT2D eigenvalue weighted by Gasteiger charge is -2.44. The van der Waals surface area contributed by atoms with E-state index in [4.69, 9.17) is 9.47 Å². The van der Waals surface area contributed by atoms with Gasteiger partial charge in [-0.05, 0) is 44.2 Å². The van der Waals surface area contributed by atoms with Gasteiger partial charge in [0, 0.05) is 45.1 Å². The quantitative estimate of drug-likeness (QED) is 0.799. The first-order valence-electron chi connectivity index (χ1n) is 9.87. The number of aromatic nitrogens is 1. The van der Waals surface area contributed by atoms with Crippen molar-refractivity contribution in [3.63, 3.8) is 0 Å². The third-order valence-electron chi connectivity index (χ3n) is 6.10. The van der Waals surface area contributed by atoms with Gasteiger partial charge in [-0.25, -0.2) is 0 Å². The lowest BCUT2D eigenvalue weighted by Crippen LogP contribution is -2.55. The molecule has 146 valence electrons. The summed E-state index contributed by atoms with van der Waals surface area (Å²) in [7, 11) is 0. The van der Waals surface area contributed by atoms with Crippen molar-refractivity contribution in [2.24, 2.45) is 5.41 Å². The molecule has 1 unspecified atom stereocenters. The van der Waals surface area contributed by atoms with Gasteiger partial charge in [0.25, 0.3) is 5.91 Å². The second kappa shape index (κ2) is 7.84. The Morgan fingerprint density at radius 2 is 2.15 bits per heavy atom. The average Bonchev–Trinajstić information content (AvgIpc) is 3.15. The van der Waals surface area contributed by atoms with Crippen molar-refractivity contribution in [1.82, 2.24) is 14.8 Å². The molecule has 7 nitrogen and oxygen atoms in total. The fourth-order valence-electron chi connectivity index (χ4n) is 4.58. The lowest BCUT2D eigenvalue weighted by molar-refractivity contribution is -0.151. The summed E-state index contributed by atoms with van der Waals surface area (Å²) in [6.45, 7) is 3.43.